The van der Waals surface area contributed by atoms with Gasteiger partial charge in [0.1, 0.15) is 12.4 Å². The van der Waals surface area contributed by atoms with Crippen molar-refractivity contribution in [2.75, 3.05) is 33.3 Å². The molecule has 0 atom stereocenters. The van der Waals surface area contributed by atoms with Crippen LogP contribution < -0.4 is 10.1 Å². The lowest BCUT2D eigenvalue weighted by atomic mass is 10.3. The van der Waals surface area contributed by atoms with Crippen molar-refractivity contribution < 1.29 is 4.74 Å². The van der Waals surface area contributed by atoms with Gasteiger partial charge in [-0.1, -0.05) is 18.2 Å². The number of likely N-dealkylation sites (N-methyl/N-ethyl adjacent to an activating group) is 1. The molecular formula is C18H27N5O. The highest BCUT2D eigenvalue weighted by atomic mass is 16.5. The minimum atomic E-state index is 0.614. The van der Waals surface area contributed by atoms with Gasteiger partial charge in [-0.15, -0.1) is 0 Å². The fourth-order valence-electron chi connectivity index (χ4n) is 2.24. The Bertz CT molecular complexity index is 623. The van der Waals surface area contributed by atoms with E-state index in [0.717, 1.165) is 31.3 Å². The van der Waals surface area contributed by atoms with Crippen molar-refractivity contribution in [2.45, 2.75) is 20.4 Å². The predicted octanol–water partition coefficient (Wildman–Crippen LogP) is 2.17. The normalized spacial score (nSPS) is 11.4. The second-order valence-electron chi connectivity index (χ2n) is 5.60. The SMILES string of the molecule is CCNC(=NCCn1cc(C)cn1)N(C)CCOc1ccccc1. The molecule has 2 rings (SSSR count). The summed E-state index contributed by atoms with van der Waals surface area (Å²) < 4.78 is 7.66. The summed E-state index contributed by atoms with van der Waals surface area (Å²) in [5.74, 6) is 1.78. The third-order valence-electron chi connectivity index (χ3n) is 3.49. The zero-order valence-electron chi connectivity index (χ0n) is 14.8. The first-order valence-corrected chi connectivity index (χ1v) is 8.35. The van der Waals surface area contributed by atoms with Crippen LogP contribution in [0.15, 0.2) is 47.7 Å². The lowest BCUT2D eigenvalue weighted by Crippen LogP contribution is -2.41. The van der Waals surface area contributed by atoms with E-state index < -0.39 is 0 Å². The molecule has 0 bridgehead atoms. The number of nitrogens with one attached hydrogen (secondary N) is 1. The molecule has 1 heterocycles. The minimum Gasteiger partial charge on any atom is -0.492 e. The van der Waals surface area contributed by atoms with E-state index in [0.29, 0.717) is 13.2 Å². The van der Waals surface area contributed by atoms with Crippen molar-refractivity contribution in [3.8, 4) is 5.75 Å². The topological polar surface area (TPSA) is 54.7 Å². The number of hydrogen-bond acceptors (Lipinski definition) is 3. The molecule has 2 aromatic rings. The summed E-state index contributed by atoms with van der Waals surface area (Å²) >= 11 is 0. The first-order valence-electron chi connectivity index (χ1n) is 8.35. The molecule has 0 aliphatic carbocycles. The van der Waals surface area contributed by atoms with E-state index in [4.69, 9.17) is 4.74 Å². The van der Waals surface area contributed by atoms with Crippen LogP contribution in [0.1, 0.15) is 12.5 Å². The number of hydrogen-bond donors (Lipinski definition) is 1. The van der Waals surface area contributed by atoms with E-state index in [-0.39, 0.29) is 0 Å². The van der Waals surface area contributed by atoms with Crippen LogP contribution in [0.4, 0.5) is 0 Å². The molecule has 0 aliphatic rings. The van der Waals surface area contributed by atoms with Gasteiger partial charge in [-0.2, -0.15) is 5.10 Å². The molecular weight excluding hydrogens is 302 g/mol. The van der Waals surface area contributed by atoms with Crippen LogP contribution in [0.5, 0.6) is 5.75 Å². The Morgan fingerprint density at radius 1 is 1.33 bits per heavy atom. The van der Waals surface area contributed by atoms with E-state index in [9.17, 15) is 0 Å². The van der Waals surface area contributed by atoms with Crippen LogP contribution in [-0.4, -0.2) is 53.9 Å². The van der Waals surface area contributed by atoms with Crippen molar-refractivity contribution in [2.24, 2.45) is 4.99 Å². The van der Waals surface area contributed by atoms with E-state index in [1.54, 1.807) is 0 Å². The molecule has 0 aliphatic heterocycles. The number of para-hydroxylation sites is 1. The average Bonchev–Trinajstić information content (AvgIpc) is 3.00. The second kappa shape index (κ2) is 9.60. The maximum atomic E-state index is 5.74. The minimum absolute atomic E-state index is 0.614. The third-order valence-corrected chi connectivity index (χ3v) is 3.49. The van der Waals surface area contributed by atoms with Crippen LogP contribution in [-0.2, 0) is 6.54 Å². The Morgan fingerprint density at radius 3 is 2.79 bits per heavy atom. The maximum absolute atomic E-state index is 5.74. The van der Waals surface area contributed by atoms with Crippen molar-refractivity contribution in [3.05, 3.63) is 48.3 Å². The molecule has 0 fully saturated rings. The molecule has 0 saturated carbocycles. The number of rotatable bonds is 8. The fraction of sp³-hybridized carbons (Fsp3) is 0.444. The Labute approximate surface area is 144 Å². The lowest BCUT2D eigenvalue weighted by Gasteiger charge is -2.22. The zero-order chi connectivity index (χ0) is 17.2. The standard InChI is InChI=1S/C18H27N5O/c1-4-19-18(20-10-11-23-15-16(2)14-21-23)22(3)12-13-24-17-8-6-5-7-9-17/h5-9,14-15H,4,10-13H2,1-3H3,(H,19,20). The predicted molar refractivity (Wildman–Crippen MR) is 97.5 cm³/mol. The van der Waals surface area contributed by atoms with E-state index in [2.05, 4.69) is 27.2 Å². The first kappa shape index (κ1) is 17.8. The highest BCUT2D eigenvalue weighted by molar-refractivity contribution is 5.79. The highest BCUT2D eigenvalue weighted by Gasteiger charge is 2.05. The number of aromatic nitrogens is 2. The number of aliphatic imine (C=N–C) groups is 1. The molecule has 6 nitrogen and oxygen atoms in total. The van der Waals surface area contributed by atoms with Crippen LogP contribution >= 0.6 is 0 Å². The van der Waals surface area contributed by atoms with E-state index >= 15 is 0 Å². The maximum Gasteiger partial charge on any atom is 0.193 e. The Morgan fingerprint density at radius 2 is 2.12 bits per heavy atom. The number of benzene rings is 1. The fourth-order valence-corrected chi connectivity index (χ4v) is 2.24. The van der Waals surface area contributed by atoms with Gasteiger partial charge in [-0.3, -0.25) is 9.67 Å². The Hall–Kier alpha value is -2.50. The lowest BCUT2D eigenvalue weighted by molar-refractivity contribution is 0.281. The monoisotopic (exact) mass is 329 g/mol. The molecule has 1 aromatic heterocycles. The third kappa shape index (κ3) is 5.95. The summed E-state index contributed by atoms with van der Waals surface area (Å²) in [6.45, 7) is 7.79. The van der Waals surface area contributed by atoms with Crippen LogP contribution in [0.25, 0.3) is 0 Å². The largest absolute Gasteiger partial charge is 0.492 e. The van der Waals surface area contributed by atoms with E-state index in [1.807, 2.05) is 61.4 Å². The molecule has 0 saturated heterocycles. The number of guanidine groups is 1. The molecule has 0 amide bonds. The van der Waals surface area contributed by atoms with Gasteiger partial charge in [0.05, 0.1) is 25.8 Å². The average molecular weight is 329 g/mol. The molecule has 1 N–H and O–H groups in total. The summed E-state index contributed by atoms with van der Waals surface area (Å²) in [6, 6.07) is 9.86. The molecule has 0 radical (unpaired) electrons. The summed E-state index contributed by atoms with van der Waals surface area (Å²) in [6.07, 6.45) is 3.89. The Kier molecular flexibility index (Phi) is 7.14. The first-order chi connectivity index (χ1) is 11.7. The van der Waals surface area contributed by atoms with Crippen LogP contribution in [0, 0.1) is 6.92 Å². The molecule has 24 heavy (non-hydrogen) atoms. The van der Waals surface area contributed by atoms with Gasteiger partial charge in [0, 0.05) is 19.8 Å². The molecule has 130 valence electrons. The molecule has 6 heteroatoms. The van der Waals surface area contributed by atoms with Crippen molar-refractivity contribution >= 4 is 5.96 Å². The summed E-state index contributed by atoms with van der Waals surface area (Å²) in [5, 5.41) is 7.59. The molecule has 1 aromatic carbocycles. The molecule has 0 unspecified atom stereocenters. The van der Waals surface area contributed by atoms with Gasteiger partial charge in [0.15, 0.2) is 5.96 Å². The summed E-state index contributed by atoms with van der Waals surface area (Å²) in [7, 11) is 2.02. The van der Waals surface area contributed by atoms with Crippen molar-refractivity contribution in [1.82, 2.24) is 20.0 Å². The summed E-state index contributed by atoms with van der Waals surface area (Å²) in [5.41, 5.74) is 1.17. The van der Waals surface area contributed by atoms with Gasteiger partial charge >= 0.3 is 0 Å². The molecule has 0 spiro atoms. The smallest absolute Gasteiger partial charge is 0.193 e. The quantitative estimate of drug-likeness (QED) is 0.596. The van der Waals surface area contributed by atoms with Crippen LogP contribution in [0.3, 0.4) is 0 Å². The van der Waals surface area contributed by atoms with Gasteiger partial charge in [0.25, 0.3) is 0 Å². The number of nitrogens with zero attached hydrogens (tertiary/aromatic N) is 4. The van der Waals surface area contributed by atoms with Gasteiger partial charge in [-0.25, -0.2) is 0 Å². The van der Waals surface area contributed by atoms with Crippen molar-refractivity contribution in [3.63, 3.8) is 0 Å². The van der Waals surface area contributed by atoms with E-state index in [1.165, 1.54) is 5.56 Å². The summed E-state index contributed by atoms with van der Waals surface area (Å²) in [4.78, 5) is 6.74. The van der Waals surface area contributed by atoms with Gasteiger partial charge < -0.3 is 15.0 Å². The zero-order valence-corrected chi connectivity index (χ0v) is 14.8. The van der Waals surface area contributed by atoms with Gasteiger partial charge in [0.2, 0.25) is 0 Å². The number of ether oxygens (including phenoxy) is 1. The Balaban J connectivity index is 1.80. The van der Waals surface area contributed by atoms with Crippen molar-refractivity contribution in [1.29, 1.82) is 0 Å². The number of aryl methyl sites for hydroxylation is 1. The van der Waals surface area contributed by atoms with Gasteiger partial charge in [-0.05, 0) is 31.5 Å². The highest BCUT2D eigenvalue weighted by Crippen LogP contribution is 2.07. The van der Waals surface area contributed by atoms with Crippen LogP contribution in [0.2, 0.25) is 0 Å². The second-order valence-corrected chi connectivity index (χ2v) is 5.60.